The van der Waals surface area contributed by atoms with Crippen LogP contribution < -0.4 is 9.47 Å². The number of pyridine rings is 1. The van der Waals surface area contributed by atoms with Gasteiger partial charge in [0.15, 0.2) is 11.5 Å². The highest BCUT2D eigenvalue weighted by atomic mass is 16.5. The number of fused-ring (bicyclic) bond motifs is 2. The molecule has 168 valence electrons. The van der Waals surface area contributed by atoms with Crippen molar-refractivity contribution < 1.29 is 19.1 Å². The maximum absolute atomic E-state index is 12.7. The van der Waals surface area contributed by atoms with Gasteiger partial charge in [0, 0.05) is 29.8 Å². The van der Waals surface area contributed by atoms with Gasteiger partial charge in [0.1, 0.15) is 6.07 Å². The number of rotatable bonds is 8. The van der Waals surface area contributed by atoms with E-state index in [2.05, 4.69) is 11.1 Å². The summed E-state index contributed by atoms with van der Waals surface area (Å²) < 4.78 is 10.8. The van der Waals surface area contributed by atoms with Crippen LogP contribution in [0.25, 0.3) is 10.9 Å². The monoisotopic (exact) mass is 443 g/mol. The van der Waals surface area contributed by atoms with Gasteiger partial charge in [-0.05, 0) is 42.5 Å². The van der Waals surface area contributed by atoms with Gasteiger partial charge in [-0.3, -0.25) is 19.5 Å². The summed E-state index contributed by atoms with van der Waals surface area (Å²) in [5, 5.41) is 10.5. The van der Waals surface area contributed by atoms with E-state index in [0.717, 1.165) is 34.9 Å². The van der Waals surface area contributed by atoms with Gasteiger partial charge in [-0.15, -0.1) is 0 Å². The van der Waals surface area contributed by atoms with Crippen LogP contribution in [-0.4, -0.2) is 42.5 Å². The number of ether oxygens (including phenoxy) is 2. The van der Waals surface area contributed by atoms with E-state index in [4.69, 9.17) is 9.47 Å². The first-order valence-corrected chi connectivity index (χ1v) is 10.9. The molecule has 0 fully saturated rings. The van der Waals surface area contributed by atoms with Crippen LogP contribution in [-0.2, 0) is 17.6 Å². The molecule has 3 aromatic rings. The Hall–Kier alpha value is -3.92. The van der Waals surface area contributed by atoms with E-state index in [1.807, 2.05) is 30.3 Å². The quantitative estimate of drug-likeness (QED) is 0.385. The molecule has 0 radical (unpaired) electrons. The number of methoxy groups -OCH3 is 2. The lowest BCUT2D eigenvalue weighted by Gasteiger charge is -2.26. The Morgan fingerprint density at radius 1 is 1.06 bits per heavy atom. The van der Waals surface area contributed by atoms with E-state index < -0.39 is 0 Å². The predicted molar refractivity (Wildman–Crippen MR) is 123 cm³/mol. The van der Waals surface area contributed by atoms with E-state index in [1.165, 1.54) is 4.90 Å². The van der Waals surface area contributed by atoms with Crippen LogP contribution in [0.15, 0.2) is 42.6 Å². The number of carbonyl (C=O) groups excluding carboxylic acids is 2. The molecular weight excluding hydrogens is 418 g/mol. The molecule has 0 aliphatic carbocycles. The van der Waals surface area contributed by atoms with Gasteiger partial charge in [-0.25, -0.2) is 0 Å². The third-order valence-electron chi connectivity index (χ3n) is 6.05. The van der Waals surface area contributed by atoms with E-state index in [9.17, 15) is 14.9 Å². The Kier molecular flexibility index (Phi) is 6.55. The van der Waals surface area contributed by atoms with Crippen molar-refractivity contribution in [1.29, 1.82) is 5.26 Å². The van der Waals surface area contributed by atoms with Gasteiger partial charge in [0.05, 0.1) is 31.7 Å². The fraction of sp³-hybridized carbons (Fsp3) is 0.308. The number of hydrogen-bond acceptors (Lipinski definition) is 6. The summed E-state index contributed by atoms with van der Waals surface area (Å²) in [6.07, 6.45) is 4.88. The summed E-state index contributed by atoms with van der Waals surface area (Å²) in [5.74, 6) is 0.817. The molecule has 2 amide bonds. The average molecular weight is 444 g/mol. The minimum atomic E-state index is -0.213. The number of aryl methyl sites for hydroxylation is 1. The maximum atomic E-state index is 12.7. The van der Waals surface area contributed by atoms with E-state index in [1.54, 1.807) is 26.5 Å². The smallest absolute Gasteiger partial charge is 0.260 e. The summed E-state index contributed by atoms with van der Waals surface area (Å²) in [4.78, 5) is 30.9. The summed E-state index contributed by atoms with van der Waals surface area (Å²) in [6.45, 7) is 0.402. The van der Waals surface area contributed by atoms with Crippen LogP contribution in [0.3, 0.4) is 0 Å². The number of amides is 2. The number of carbonyl (C=O) groups is 2. The van der Waals surface area contributed by atoms with Crippen LogP contribution in [0.5, 0.6) is 11.5 Å². The highest BCUT2D eigenvalue weighted by Crippen LogP contribution is 2.34. The molecule has 4 rings (SSSR count). The van der Waals surface area contributed by atoms with Crippen molar-refractivity contribution in [2.75, 3.05) is 20.8 Å². The second-order valence-electron chi connectivity index (χ2n) is 7.98. The van der Waals surface area contributed by atoms with Gasteiger partial charge in [0.25, 0.3) is 5.91 Å². The van der Waals surface area contributed by atoms with Gasteiger partial charge in [-0.1, -0.05) is 24.6 Å². The molecule has 0 atom stereocenters. The zero-order chi connectivity index (χ0) is 23.4. The number of nitriles is 1. The Morgan fingerprint density at radius 2 is 1.82 bits per heavy atom. The first-order valence-electron chi connectivity index (χ1n) is 10.9. The van der Waals surface area contributed by atoms with E-state index >= 15 is 0 Å². The summed E-state index contributed by atoms with van der Waals surface area (Å²) in [7, 11) is 3.15. The molecule has 0 N–H and O–H groups in total. The Balaban J connectivity index is 1.43. The van der Waals surface area contributed by atoms with Crippen molar-refractivity contribution in [1.82, 2.24) is 9.88 Å². The van der Waals surface area contributed by atoms with Crippen molar-refractivity contribution >= 4 is 22.7 Å². The number of hydrogen-bond donors (Lipinski definition) is 0. The zero-order valence-electron chi connectivity index (χ0n) is 18.8. The Bertz CT molecular complexity index is 1260. The zero-order valence-corrected chi connectivity index (χ0v) is 18.8. The molecule has 7 heteroatoms. The molecule has 1 aromatic heterocycles. The lowest BCUT2D eigenvalue weighted by atomic mass is 9.97. The minimum absolute atomic E-state index is 0.147. The molecule has 33 heavy (non-hydrogen) atoms. The first kappa shape index (κ1) is 22.3. The van der Waals surface area contributed by atoms with Gasteiger partial charge < -0.3 is 9.47 Å². The van der Waals surface area contributed by atoms with Gasteiger partial charge in [-0.2, -0.15) is 5.26 Å². The fourth-order valence-electron chi connectivity index (χ4n) is 4.31. The Morgan fingerprint density at radius 3 is 2.58 bits per heavy atom. The SMILES string of the molecule is COc1cc2ncc(C#N)c(CCCCCN3C(=O)Cc4ccccc4C3=O)c2cc1OC. The molecule has 2 heterocycles. The molecule has 2 aromatic carbocycles. The van der Waals surface area contributed by atoms with Crippen LogP contribution in [0.4, 0.5) is 0 Å². The number of unbranched alkanes of at least 4 members (excludes halogenated alkanes) is 2. The largest absolute Gasteiger partial charge is 0.493 e. The molecule has 0 saturated carbocycles. The molecule has 0 unspecified atom stereocenters. The molecule has 1 aliphatic heterocycles. The van der Waals surface area contributed by atoms with Crippen molar-refractivity contribution in [2.45, 2.75) is 32.1 Å². The topological polar surface area (TPSA) is 92.5 Å². The highest BCUT2D eigenvalue weighted by Gasteiger charge is 2.29. The fourth-order valence-corrected chi connectivity index (χ4v) is 4.31. The molecular formula is C26H25N3O4. The van der Waals surface area contributed by atoms with Crippen molar-refractivity contribution in [3.63, 3.8) is 0 Å². The third-order valence-corrected chi connectivity index (χ3v) is 6.05. The van der Waals surface area contributed by atoms with Gasteiger partial charge >= 0.3 is 0 Å². The summed E-state index contributed by atoms with van der Waals surface area (Å²) >= 11 is 0. The number of nitrogens with zero attached hydrogens (tertiary/aromatic N) is 3. The number of aromatic nitrogens is 1. The van der Waals surface area contributed by atoms with Crippen LogP contribution in [0.1, 0.15) is 46.3 Å². The highest BCUT2D eigenvalue weighted by molar-refractivity contribution is 6.09. The number of imide groups is 1. The minimum Gasteiger partial charge on any atom is -0.493 e. The Labute approximate surface area is 192 Å². The van der Waals surface area contributed by atoms with Crippen molar-refractivity contribution in [3.8, 4) is 17.6 Å². The first-order chi connectivity index (χ1) is 16.1. The van der Waals surface area contributed by atoms with E-state index in [0.29, 0.717) is 42.0 Å². The van der Waals surface area contributed by atoms with Crippen LogP contribution in [0, 0.1) is 11.3 Å². The molecule has 7 nitrogen and oxygen atoms in total. The van der Waals surface area contributed by atoms with Crippen molar-refractivity contribution in [3.05, 3.63) is 64.8 Å². The molecule has 0 spiro atoms. The standard InChI is InChI=1S/C26H25N3O4/c1-32-23-13-21-19(18(15-27)16-28-22(21)14-24(23)33-2)9-4-3-7-11-29-25(30)12-17-8-5-6-10-20(17)26(29)31/h5-6,8,10,13-14,16H,3-4,7,9,11-12H2,1-2H3. The summed E-state index contributed by atoms with van der Waals surface area (Å²) in [6, 6.07) is 13.2. The molecule has 0 saturated heterocycles. The lowest BCUT2D eigenvalue weighted by Crippen LogP contribution is -2.42. The second kappa shape index (κ2) is 9.70. The molecule has 0 bridgehead atoms. The van der Waals surface area contributed by atoms with Crippen LogP contribution >= 0.6 is 0 Å². The second-order valence-corrected chi connectivity index (χ2v) is 7.98. The van der Waals surface area contributed by atoms with E-state index in [-0.39, 0.29) is 18.2 Å². The predicted octanol–water partition coefficient (Wildman–Crippen LogP) is 4.06. The molecule has 1 aliphatic rings. The van der Waals surface area contributed by atoms with Gasteiger partial charge in [0.2, 0.25) is 5.91 Å². The van der Waals surface area contributed by atoms with Crippen molar-refractivity contribution in [2.24, 2.45) is 0 Å². The summed E-state index contributed by atoms with van der Waals surface area (Å²) in [5.41, 5.74) is 3.60. The third kappa shape index (κ3) is 4.37. The normalized spacial score (nSPS) is 13.1. The van der Waals surface area contributed by atoms with Crippen LogP contribution in [0.2, 0.25) is 0 Å². The number of benzene rings is 2. The lowest BCUT2D eigenvalue weighted by molar-refractivity contribution is -0.128. The maximum Gasteiger partial charge on any atom is 0.260 e. The average Bonchev–Trinajstić information content (AvgIpc) is 2.84.